The average molecular weight is 1430 g/mol. The summed E-state index contributed by atoms with van der Waals surface area (Å²) in [6.45, 7) is 70.6. The molecule has 0 aromatic heterocycles. The highest BCUT2D eigenvalue weighted by Gasteiger charge is 2.62. The highest BCUT2D eigenvalue weighted by molar-refractivity contribution is 6.96. The van der Waals surface area contributed by atoms with E-state index in [-0.39, 0.29) is 62.5 Å². The van der Waals surface area contributed by atoms with Gasteiger partial charge in [-0.25, -0.2) is 19.2 Å². The van der Waals surface area contributed by atoms with Gasteiger partial charge in [-0.05, 0) is 211 Å². The predicted molar refractivity (Wildman–Crippen MR) is 369 cm³/mol. The van der Waals surface area contributed by atoms with Gasteiger partial charge in [0.15, 0.2) is 49.9 Å². The third kappa shape index (κ3) is 38.6. The number of ether oxygens (including phenoxy) is 4. The largest absolute Gasteiger partial charge is 0.472 e. The Balaban J connectivity index is 8.68. The Morgan fingerprint density at radius 3 is 0.494 bits per heavy atom. The maximum atomic E-state index is 12.9. The van der Waals surface area contributed by atoms with E-state index >= 15 is 0 Å². The quantitative estimate of drug-likeness (QED) is 0.0182. The van der Waals surface area contributed by atoms with Crippen LogP contribution >= 0.6 is 0 Å². The van der Waals surface area contributed by atoms with Crippen molar-refractivity contribution >= 4 is 135 Å². The first-order chi connectivity index (χ1) is 37.8. The summed E-state index contributed by atoms with van der Waals surface area (Å²) < 4.78 is 111. The molecule has 33 heteroatoms. The molecular weight excluding hydrogens is 1310 g/mol. The van der Waals surface area contributed by atoms with E-state index in [9.17, 15) is 19.2 Å². The molecule has 0 heterocycles. The third-order valence-electron chi connectivity index (χ3n) is 10.0. The Morgan fingerprint density at radius 2 is 0.376 bits per heavy atom. The minimum absolute atomic E-state index is 0.00842. The van der Waals surface area contributed by atoms with Crippen LogP contribution in [0.3, 0.4) is 0 Å². The van der Waals surface area contributed by atoms with E-state index < -0.39 is 135 Å². The van der Waals surface area contributed by atoms with Crippen molar-refractivity contribution in [3.8, 4) is 0 Å². The molecule has 0 amide bonds. The number of hydrogen-bond acceptors (Lipinski definition) is 20. The minimum atomic E-state index is -4.16. The number of carbonyl (C=O) groups is 4. The van der Waals surface area contributed by atoms with E-state index in [4.69, 9.17) is 68.3 Å². The Labute approximate surface area is 528 Å². The second-order valence-corrected chi connectivity index (χ2v) is 79.9. The van der Waals surface area contributed by atoms with Crippen molar-refractivity contribution in [1.82, 2.24) is 0 Å². The van der Waals surface area contributed by atoms with E-state index in [1.165, 1.54) is 0 Å². The van der Waals surface area contributed by atoms with E-state index in [0.29, 0.717) is 36.1 Å². The van der Waals surface area contributed by atoms with Crippen LogP contribution in [0.4, 0.5) is 0 Å². The van der Waals surface area contributed by atoms with Crippen LogP contribution in [-0.2, 0) is 87.5 Å². The van der Waals surface area contributed by atoms with Gasteiger partial charge in [0.05, 0.1) is 26.4 Å². The van der Waals surface area contributed by atoms with Gasteiger partial charge in [-0.15, -0.1) is 0 Å². The number of hydrogen-bond donors (Lipinski definition) is 0. The average Bonchev–Trinajstić information content (AvgIpc) is 3.21. The molecule has 0 spiro atoms. The van der Waals surface area contributed by atoms with Gasteiger partial charge < -0.3 is 68.3 Å². The first-order valence-corrected chi connectivity index (χ1v) is 66.1. The number of rotatable bonds is 44. The molecule has 0 aromatic carbocycles. The zero-order chi connectivity index (χ0) is 66.9. The van der Waals surface area contributed by atoms with E-state index in [2.05, 4.69) is 144 Å². The summed E-state index contributed by atoms with van der Waals surface area (Å²) >= 11 is 0. The van der Waals surface area contributed by atoms with Gasteiger partial charge in [0.25, 0.3) is 0 Å². The molecule has 0 bridgehead atoms. The molecule has 0 fully saturated rings. The smallest absolute Gasteiger partial charge is 0.462 e. The van der Waals surface area contributed by atoms with Crippen molar-refractivity contribution < 1.29 is 87.5 Å². The Bertz CT molecular complexity index is 2060. The van der Waals surface area contributed by atoms with E-state index in [0.717, 1.165) is 0 Å². The summed E-state index contributed by atoms with van der Waals surface area (Å²) in [5, 5.41) is 0. The van der Waals surface area contributed by atoms with Crippen molar-refractivity contribution in [2.24, 2.45) is 0 Å². The monoisotopic (exact) mass is 1420 g/mol. The Kier molecular flexibility index (Phi) is 33.3. The maximum Gasteiger partial charge on any atom is 0.472 e. The molecule has 0 aliphatic heterocycles. The van der Waals surface area contributed by atoms with Gasteiger partial charge in [-0.3, -0.25) is 0 Å². The lowest BCUT2D eigenvalue weighted by molar-refractivity contribution is -0.139. The molecule has 0 aliphatic carbocycles. The zero-order valence-electron chi connectivity index (χ0n) is 58.0. The van der Waals surface area contributed by atoms with Crippen molar-refractivity contribution in [3.05, 3.63) is 48.6 Å². The van der Waals surface area contributed by atoms with Crippen LogP contribution < -0.4 is 0 Å². The highest BCUT2D eigenvalue weighted by Crippen LogP contribution is 2.39. The van der Waals surface area contributed by atoms with Crippen LogP contribution in [0.2, 0.25) is 181 Å². The summed E-state index contributed by atoms with van der Waals surface area (Å²) in [5.41, 5.74) is 1.11. The lowest BCUT2D eigenvalue weighted by Crippen LogP contribution is -2.69. The Morgan fingerprint density at radius 1 is 0.247 bits per heavy atom. The van der Waals surface area contributed by atoms with Crippen LogP contribution in [0, 0.1) is 0 Å². The van der Waals surface area contributed by atoms with Gasteiger partial charge in [0, 0.05) is 46.5 Å². The summed E-state index contributed by atoms with van der Waals surface area (Å²) in [4.78, 5) is 50.8. The molecular formula is C52H116O20Si13. The molecule has 2 atom stereocenters. The van der Waals surface area contributed by atoms with Crippen LogP contribution in [0.15, 0.2) is 48.6 Å². The molecule has 496 valence electrons. The van der Waals surface area contributed by atoms with Gasteiger partial charge in [-0.1, -0.05) is 26.3 Å². The standard InChI is InChI=1S/C52H116O20Si13/c1-45(2)49(53)57-37-33-41-82(61-73(9,10)11,62-74(12,13)14)67-79(27,28)69-84(65-77(21,22)23,43-35-39-59-51(55)47(5)6)71-81(31,32)72-85(66-78(24,25)26,44-36-40-60-52(56)48(7)8)70-80(29,30)68-83(63-75(15,16)17,64-76(18,19)20)42-34-38-58-50(54)46(3)4/h1,3,5,7,33-44H2,2,4,6,8-32H3. The fraction of sp³-hybridized carbons (Fsp3) is 0.769. The predicted octanol–water partition coefficient (Wildman–Crippen LogP) is 14.1. The molecule has 20 nitrogen and oxygen atoms in total. The summed E-state index contributed by atoms with van der Waals surface area (Å²) in [7, 11) is -41.9. The minimum Gasteiger partial charge on any atom is -0.462 e. The second-order valence-electron chi connectivity index (χ2n) is 28.9. The van der Waals surface area contributed by atoms with Gasteiger partial charge >= 0.3 is 84.8 Å². The normalized spacial score (nSPS) is 15.1. The lowest BCUT2D eigenvalue weighted by atomic mass is 10.4. The fourth-order valence-corrected chi connectivity index (χ4v) is 64.0. The topological polar surface area (TPSA) is 216 Å². The second kappa shape index (κ2) is 33.7. The molecule has 0 radical (unpaired) electrons. The number of esters is 4. The van der Waals surface area contributed by atoms with E-state index in [1.807, 2.05) is 39.3 Å². The maximum absolute atomic E-state index is 12.9. The van der Waals surface area contributed by atoms with Crippen molar-refractivity contribution in [3.63, 3.8) is 0 Å². The van der Waals surface area contributed by atoms with Crippen LogP contribution in [0.1, 0.15) is 53.4 Å². The van der Waals surface area contributed by atoms with Crippen molar-refractivity contribution in [2.75, 3.05) is 26.4 Å². The summed E-state index contributed by atoms with van der Waals surface area (Å²) in [6, 6.07) is 1.02. The highest BCUT2D eigenvalue weighted by atomic mass is 28.6. The SMILES string of the molecule is C=C(C)C(=O)OCCC[Si](O[Si](C)(C)C)(O[Si](C)(C)C)O[Si](C)(C)O[Si](CCCOC(=O)C(=C)C)(O[Si](C)(C)C)O[Si](C)(C)O[Si](CCCOC(=O)C(=C)C)(O[Si](C)(C)C)O[Si](C)(C)O[Si](CCCOC(=O)C(=C)C)(O[Si](C)(C)C)O[Si](C)(C)C. The first kappa shape index (κ1) is 84.2. The van der Waals surface area contributed by atoms with Gasteiger partial charge in [0.2, 0.25) is 0 Å². The van der Waals surface area contributed by atoms with E-state index in [1.54, 1.807) is 27.7 Å². The number of carbonyl (C=O) groups excluding carboxylic acids is 4. The molecule has 0 N–H and O–H groups in total. The molecule has 0 aliphatic rings. The first-order valence-electron chi connectivity index (χ1n) is 29.5. The molecule has 0 saturated carbocycles. The Hall–Kier alpha value is -0.821. The van der Waals surface area contributed by atoms with Crippen molar-refractivity contribution in [2.45, 2.75) is 235 Å². The van der Waals surface area contributed by atoms with Crippen molar-refractivity contribution in [1.29, 1.82) is 0 Å². The lowest BCUT2D eigenvalue weighted by Gasteiger charge is -2.49. The van der Waals surface area contributed by atoms with Crippen LogP contribution in [0.25, 0.3) is 0 Å². The van der Waals surface area contributed by atoms with Gasteiger partial charge in [-0.2, -0.15) is 0 Å². The summed E-state index contributed by atoms with van der Waals surface area (Å²) in [5.74, 6) is -2.04. The third-order valence-corrected chi connectivity index (χ3v) is 55.3. The zero-order valence-corrected chi connectivity index (χ0v) is 71.0. The van der Waals surface area contributed by atoms with Crippen LogP contribution in [0.5, 0.6) is 0 Å². The van der Waals surface area contributed by atoms with Crippen LogP contribution in [-0.4, -0.2) is 161 Å². The fourth-order valence-electron chi connectivity index (χ4n) is 8.28. The molecule has 0 rings (SSSR count). The molecule has 85 heavy (non-hydrogen) atoms. The van der Waals surface area contributed by atoms with Gasteiger partial charge in [0.1, 0.15) is 0 Å². The molecule has 0 aromatic rings. The molecule has 2 unspecified atom stereocenters. The summed E-state index contributed by atoms with van der Waals surface area (Å²) in [6.07, 6.45) is 1.33. The molecule has 0 saturated heterocycles.